The van der Waals surface area contributed by atoms with Gasteiger partial charge in [0.1, 0.15) is 5.82 Å². The SMILES string of the molecule is O=C(O)CSCC(=O)Nc1cc(Cl)ccc1F. The van der Waals surface area contributed by atoms with Gasteiger partial charge in [-0.3, -0.25) is 9.59 Å². The molecule has 0 atom stereocenters. The third-order valence-electron chi connectivity index (χ3n) is 1.66. The van der Waals surface area contributed by atoms with Gasteiger partial charge in [-0.15, -0.1) is 11.8 Å². The molecule has 2 N–H and O–H groups in total. The molecule has 4 nitrogen and oxygen atoms in total. The van der Waals surface area contributed by atoms with Gasteiger partial charge in [0.2, 0.25) is 5.91 Å². The Morgan fingerprint density at radius 2 is 2.12 bits per heavy atom. The van der Waals surface area contributed by atoms with Crippen molar-refractivity contribution in [3.05, 3.63) is 29.0 Å². The number of hydrogen-bond donors (Lipinski definition) is 2. The maximum atomic E-state index is 13.2. The zero-order valence-corrected chi connectivity index (χ0v) is 10.1. The number of carbonyl (C=O) groups excluding carboxylic acids is 1. The topological polar surface area (TPSA) is 66.4 Å². The van der Waals surface area contributed by atoms with Crippen molar-refractivity contribution in [3.63, 3.8) is 0 Å². The lowest BCUT2D eigenvalue weighted by molar-refractivity contribution is -0.133. The molecule has 0 aliphatic rings. The van der Waals surface area contributed by atoms with E-state index >= 15 is 0 Å². The minimum atomic E-state index is -1.00. The van der Waals surface area contributed by atoms with Crippen molar-refractivity contribution in [1.82, 2.24) is 0 Å². The second-order valence-electron chi connectivity index (χ2n) is 3.06. The van der Waals surface area contributed by atoms with Crippen LogP contribution in [0.25, 0.3) is 0 Å². The summed E-state index contributed by atoms with van der Waals surface area (Å²) in [5, 5.41) is 11.0. The van der Waals surface area contributed by atoms with Crippen molar-refractivity contribution in [3.8, 4) is 0 Å². The molecule has 0 saturated carbocycles. The molecule has 0 heterocycles. The first kappa shape index (κ1) is 13.8. The first-order valence-electron chi connectivity index (χ1n) is 4.53. The highest BCUT2D eigenvalue weighted by atomic mass is 35.5. The summed E-state index contributed by atoms with van der Waals surface area (Å²) in [4.78, 5) is 21.5. The molecule has 0 radical (unpaired) electrons. The van der Waals surface area contributed by atoms with E-state index in [1.54, 1.807) is 0 Å². The lowest BCUT2D eigenvalue weighted by atomic mass is 10.3. The van der Waals surface area contributed by atoms with Crippen LogP contribution in [0.5, 0.6) is 0 Å². The Morgan fingerprint density at radius 1 is 1.41 bits per heavy atom. The van der Waals surface area contributed by atoms with Crippen LogP contribution in [0, 0.1) is 5.82 Å². The number of thioether (sulfide) groups is 1. The maximum Gasteiger partial charge on any atom is 0.313 e. The van der Waals surface area contributed by atoms with Gasteiger partial charge in [-0.25, -0.2) is 4.39 Å². The summed E-state index contributed by atoms with van der Waals surface area (Å²) in [6.45, 7) is 0. The lowest BCUT2D eigenvalue weighted by Crippen LogP contribution is -2.16. The summed E-state index contributed by atoms with van der Waals surface area (Å²) in [7, 11) is 0. The Kier molecular flexibility index (Phi) is 5.24. The minimum absolute atomic E-state index is 0.0153. The number of nitrogens with one attached hydrogen (secondary N) is 1. The zero-order chi connectivity index (χ0) is 12.8. The van der Waals surface area contributed by atoms with Crippen LogP contribution >= 0.6 is 23.4 Å². The predicted molar refractivity (Wildman–Crippen MR) is 65.0 cm³/mol. The summed E-state index contributed by atoms with van der Waals surface area (Å²) in [6, 6.07) is 3.80. The number of aliphatic carboxylic acids is 1. The second kappa shape index (κ2) is 6.46. The third-order valence-corrected chi connectivity index (χ3v) is 2.81. The largest absolute Gasteiger partial charge is 0.481 e. The summed E-state index contributed by atoms with van der Waals surface area (Å²) < 4.78 is 13.2. The number of benzene rings is 1. The third kappa shape index (κ3) is 5.06. The highest BCUT2D eigenvalue weighted by Gasteiger charge is 2.08. The number of rotatable bonds is 5. The quantitative estimate of drug-likeness (QED) is 0.866. The molecule has 1 aromatic carbocycles. The molecule has 0 aliphatic heterocycles. The standard InChI is InChI=1S/C10H9ClFNO3S/c11-6-1-2-7(12)8(3-6)13-9(14)4-17-5-10(15)16/h1-3H,4-5H2,(H,13,14)(H,15,16). The summed E-state index contributed by atoms with van der Waals surface area (Å²) in [5.41, 5.74) is -0.0153. The van der Waals surface area contributed by atoms with Crippen molar-refractivity contribution >= 4 is 40.9 Å². The molecular weight excluding hydrogens is 269 g/mol. The Balaban J connectivity index is 2.50. The van der Waals surface area contributed by atoms with Crippen LogP contribution in [0.1, 0.15) is 0 Å². The average molecular weight is 278 g/mol. The molecule has 0 aliphatic carbocycles. The number of carboxylic acids is 1. The smallest absolute Gasteiger partial charge is 0.313 e. The number of anilines is 1. The molecule has 0 bridgehead atoms. The monoisotopic (exact) mass is 277 g/mol. The molecule has 92 valence electrons. The van der Waals surface area contributed by atoms with E-state index in [2.05, 4.69) is 5.32 Å². The molecule has 0 saturated heterocycles. The van der Waals surface area contributed by atoms with E-state index in [0.717, 1.165) is 17.8 Å². The molecule has 0 fully saturated rings. The van der Waals surface area contributed by atoms with Crippen LogP contribution in [0.15, 0.2) is 18.2 Å². The number of carbonyl (C=O) groups is 2. The number of halogens is 2. The average Bonchev–Trinajstić information content (AvgIpc) is 2.23. The second-order valence-corrected chi connectivity index (χ2v) is 4.48. The Bertz CT molecular complexity index is 442. The summed E-state index contributed by atoms with van der Waals surface area (Å²) in [5.74, 6) is -2.30. The molecule has 1 rings (SSSR count). The van der Waals surface area contributed by atoms with Crippen molar-refractivity contribution < 1.29 is 19.1 Å². The fourth-order valence-electron chi connectivity index (χ4n) is 1.01. The summed E-state index contributed by atoms with van der Waals surface area (Å²) in [6.07, 6.45) is 0. The molecule has 1 aromatic rings. The zero-order valence-electron chi connectivity index (χ0n) is 8.57. The van der Waals surface area contributed by atoms with Crippen LogP contribution in [0.4, 0.5) is 10.1 Å². The Morgan fingerprint density at radius 3 is 2.76 bits per heavy atom. The van der Waals surface area contributed by atoms with E-state index in [4.69, 9.17) is 16.7 Å². The van der Waals surface area contributed by atoms with E-state index in [1.165, 1.54) is 12.1 Å². The molecule has 1 amide bonds. The van der Waals surface area contributed by atoms with E-state index in [-0.39, 0.29) is 17.2 Å². The van der Waals surface area contributed by atoms with E-state index in [1.807, 2.05) is 0 Å². The van der Waals surface area contributed by atoms with Crippen LogP contribution in [0.3, 0.4) is 0 Å². The van der Waals surface area contributed by atoms with Crippen molar-refractivity contribution in [2.45, 2.75) is 0 Å². The van der Waals surface area contributed by atoms with E-state index in [0.29, 0.717) is 5.02 Å². The number of amides is 1. The highest BCUT2D eigenvalue weighted by molar-refractivity contribution is 8.00. The van der Waals surface area contributed by atoms with Gasteiger partial charge in [0.25, 0.3) is 0 Å². The van der Waals surface area contributed by atoms with Crippen molar-refractivity contribution in [2.24, 2.45) is 0 Å². The predicted octanol–water partition coefficient (Wildman–Crippen LogP) is 2.24. The van der Waals surface area contributed by atoms with Crippen LogP contribution in [-0.2, 0) is 9.59 Å². The van der Waals surface area contributed by atoms with Gasteiger partial charge in [-0.1, -0.05) is 11.6 Å². The van der Waals surface area contributed by atoms with Crippen LogP contribution < -0.4 is 5.32 Å². The molecule has 0 unspecified atom stereocenters. The fraction of sp³-hybridized carbons (Fsp3) is 0.200. The highest BCUT2D eigenvalue weighted by Crippen LogP contribution is 2.19. The Labute approximate surface area is 106 Å². The van der Waals surface area contributed by atoms with Gasteiger partial charge in [0.05, 0.1) is 17.2 Å². The van der Waals surface area contributed by atoms with Gasteiger partial charge in [0, 0.05) is 5.02 Å². The first-order chi connectivity index (χ1) is 7.99. The van der Waals surface area contributed by atoms with Crippen LogP contribution in [0.2, 0.25) is 5.02 Å². The normalized spacial score (nSPS) is 10.0. The maximum absolute atomic E-state index is 13.2. The van der Waals surface area contributed by atoms with Crippen molar-refractivity contribution in [1.29, 1.82) is 0 Å². The number of carboxylic acid groups (broad SMARTS) is 1. The first-order valence-corrected chi connectivity index (χ1v) is 6.06. The van der Waals surface area contributed by atoms with Gasteiger partial charge in [-0.05, 0) is 18.2 Å². The fourth-order valence-corrected chi connectivity index (χ4v) is 1.72. The van der Waals surface area contributed by atoms with Gasteiger partial charge in [0.15, 0.2) is 0 Å². The summed E-state index contributed by atoms with van der Waals surface area (Å²) >= 11 is 6.58. The Hall–Kier alpha value is -1.27. The van der Waals surface area contributed by atoms with Crippen molar-refractivity contribution in [2.75, 3.05) is 16.8 Å². The van der Waals surface area contributed by atoms with Gasteiger partial charge < -0.3 is 10.4 Å². The van der Waals surface area contributed by atoms with Crippen LogP contribution in [-0.4, -0.2) is 28.5 Å². The molecule has 7 heteroatoms. The van der Waals surface area contributed by atoms with Gasteiger partial charge >= 0.3 is 5.97 Å². The van der Waals surface area contributed by atoms with E-state index < -0.39 is 17.7 Å². The molecule has 0 spiro atoms. The lowest BCUT2D eigenvalue weighted by Gasteiger charge is -2.06. The van der Waals surface area contributed by atoms with E-state index in [9.17, 15) is 14.0 Å². The van der Waals surface area contributed by atoms with Gasteiger partial charge in [-0.2, -0.15) is 0 Å². The minimum Gasteiger partial charge on any atom is -0.481 e. The molecule has 0 aromatic heterocycles. The molecular formula is C10H9ClFNO3S. The number of hydrogen-bond acceptors (Lipinski definition) is 3. The molecule has 17 heavy (non-hydrogen) atoms.